The van der Waals surface area contributed by atoms with E-state index in [4.69, 9.17) is 16.3 Å². The maximum atomic E-state index is 11.3. The lowest BCUT2D eigenvalue weighted by atomic mass is 9.89. The van der Waals surface area contributed by atoms with E-state index in [1.807, 2.05) is 42.5 Å². The fraction of sp³-hybridized carbons (Fsp3) is 0.278. The van der Waals surface area contributed by atoms with Gasteiger partial charge in [-0.2, -0.15) is 9.97 Å². The van der Waals surface area contributed by atoms with Crippen LogP contribution in [0.1, 0.15) is 12.5 Å². The number of carbonyl (C=O) groups excluding carboxylic acids is 1. The van der Waals surface area contributed by atoms with Crippen molar-refractivity contribution in [3.8, 4) is 0 Å². The highest BCUT2D eigenvalue weighted by Gasteiger charge is 2.30. The molecule has 28 heavy (non-hydrogen) atoms. The van der Waals surface area contributed by atoms with E-state index in [9.17, 15) is 14.9 Å². The fourth-order valence-electron chi connectivity index (χ4n) is 2.64. The first-order chi connectivity index (χ1) is 13.4. The van der Waals surface area contributed by atoms with Crippen LogP contribution in [-0.4, -0.2) is 33.4 Å². The summed E-state index contributed by atoms with van der Waals surface area (Å²) in [5, 5.41) is 16.4. The van der Waals surface area contributed by atoms with Gasteiger partial charge < -0.3 is 10.1 Å². The molecule has 0 aliphatic heterocycles. The summed E-state index contributed by atoms with van der Waals surface area (Å²) in [4.78, 5) is 29.7. The second-order valence-corrected chi connectivity index (χ2v) is 6.55. The number of rotatable bonds is 8. The van der Waals surface area contributed by atoms with E-state index in [1.54, 1.807) is 0 Å². The molecule has 2 aromatic rings. The number of nitrogens with one attached hydrogen (secondary N) is 2. The Morgan fingerprint density at radius 3 is 2.64 bits per heavy atom. The van der Waals surface area contributed by atoms with Gasteiger partial charge in [0.25, 0.3) is 0 Å². The molecule has 0 fully saturated rings. The van der Waals surface area contributed by atoms with Gasteiger partial charge in [0.2, 0.25) is 22.8 Å². The molecule has 1 aromatic heterocycles. The van der Waals surface area contributed by atoms with E-state index in [1.165, 1.54) is 6.92 Å². The minimum Gasteiger partial charge on any atom is -0.376 e. The SMILES string of the molecule is CC(=O)Nc1nc(Cl)c([N+](=O)[O-])c(N[C@@H]2C=C[C@@H]2COCc2ccccc2)n1. The molecular formula is C18H18ClN5O4. The summed E-state index contributed by atoms with van der Waals surface area (Å²) in [6, 6.07) is 9.55. The summed E-state index contributed by atoms with van der Waals surface area (Å²) in [6.45, 7) is 2.19. The Bertz CT molecular complexity index is 906. The van der Waals surface area contributed by atoms with Gasteiger partial charge in [0.1, 0.15) is 0 Å². The normalized spacial score (nSPS) is 17.6. The molecule has 0 radical (unpaired) electrons. The number of nitro groups is 1. The number of nitrogens with zero attached hydrogens (tertiary/aromatic N) is 3. The zero-order chi connectivity index (χ0) is 20.1. The maximum Gasteiger partial charge on any atom is 0.348 e. The fourth-order valence-corrected chi connectivity index (χ4v) is 2.88. The van der Waals surface area contributed by atoms with Gasteiger partial charge in [-0.1, -0.05) is 54.1 Å². The number of halogens is 1. The monoisotopic (exact) mass is 403 g/mol. The highest BCUT2D eigenvalue weighted by molar-refractivity contribution is 6.32. The highest BCUT2D eigenvalue weighted by atomic mass is 35.5. The van der Waals surface area contributed by atoms with E-state index >= 15 is 0 Å². The standard InChI is InChI=1S/C18H18ClN5O4/c1-11(25)20-18-22-16(19)15(24(26)27)17(23-18)21-14-8-7-13(14)10-28-9-12-5-3-2-4-6-12/h2-8,13-14H,9-10H2,1H3,(H2,20,21,22,23,25)/t13-,14-/m1/s1. The minimum absolute atomic E-state index is 0.0151. The second-order valence-electron chi connectivity index (χ2n) is 6.19. The van der Waals surface area contributed by atoms with Crippen LogP contribution in [0.3, 0.4) is 0 Å². The summed E-state index contributed by atoms with van der Waals surface area (Å²) in [7, 11) is 0. The average Bonchev–Trinajstić information content (AvgIpc) is 2.62. The van der Waals surface area contributed by atoms with Gasteiger partial charge in [0, 0.05) is 12.8 Å². The lowest BCUT2D eigenvalue weighted by molar-refractivity contribution is -0.384. The Morgan fingerprint density at radius 2 is 2.04 bits per heavy atom. The average molecular weight is 404 g/mol. The molecule has 3 rings (SSSR count). The number of benzene rings is 1. The lowest BCUT2D eigenvalue weighted by Gasteiger charge is -2.30. The Kier molecular flexibility index (Phi) is 6.17. The van der Waals surface area contributed by atoms with Gasteiger partial charge >= 0.3 is 5.69 Å². The second kappa shape index (κ2) is 8.77. The third kappa shape index (κ3) is 4.81. The molecule has 10 heteroatoms. The predicted molar refractivity (Wildman–Crippen MR) is 104 cm³/mol. The molecule has 1 aromatic carbocycles. The molecule has 0 spiro atoms. The van der Waals surface area contributed by atoms with Crippen LogP contribution < -0.4 is 10.6 Å². The third-order valence-electron chi connectivity index (χ3n) is 4.06. The molecule has 0 saturated heterocycles. The van der Waals surface area contributed by atoms with E-state index in [-0.39, 0.29) is 28.9 Å². The predicted octanol–water partition coefficient (Wildman–Crippen LogP) is 3.18. The minimum atomic E-state index is -0.661. The van der Waals surface area contributed by atoms with Crippen LogP contribution in [-0.2, 0) is 16.1 Å². The Morgan fingerprint density at radius 1 is 1.29 bits per heavy atom. The van der Waals surface area contributed by atoms with Crippen LogP contribution in [0.25, 0.3) is 0 Å². The van der Waals surface area contributed by atoms with E-state index in [2.05, 4.69) is 20.6 Å². The van der Waals surface area contributed by atoms with Gasteiger partial charge in [-0.25, -0.2) is 0 Å². The molecule has 2 N–H and O–H groups in total. The van der Waals surface area contributed by atoms with Crippen molar-refractivity contribution in [2.24, 2.45) is 5.92 Å². The van der Waals surface area contributed by atoms with Crippen LogP contribution >= 0.6 is 11.6 Å². The van der Waals surface area contributed by atoms with Crippen LogP contribution in [0.5, 0.6) is 0 Å². The molecule has 1 amide bonds. The van der Waals surface area contributed by atoms with Crippen LogP contribution in [0.4, 0.5) is 17.5 Å². The van der Waals surface area contributed by atoms with Gasteiger partial charge in [-0.15, -0.1) is 0 Å². The zero-order valence-electron chi connectivity index (χ0n) is 15.0. The van der Waals surface area contributed by atoms with Crippen LogP contribution in [0, 0.1) is 16.0 Å². The molecule has 146 valence electrons. The molecule has 1 aliphatic carbocycles. The summed E-state index contributed by atoms with van der Waals surface area (Å²) in [5.41, 5.74) is 0.619. The number of amides is 1. The van der Waals surface area contributed by atoms with Crippen molar-refractivity contribution in [3.63, 3.8) is 0 Å². The summed E-state index contributed by atoms with van der Waals surface area (Å²) < 4.78 is 5.73. The van der Waals surface area contributed by atoms with Crippen molar-refractivity contribution in [1.82, 2.24) is 9.97 Å². The summed E-state index contributed by atoms with van der Waals surface area (Å²) >= 11 is 5.92. The first-order valence-corrected chi connectivity index (χ1v) is 8.88. The van der Waals surface area contributed by atoms with Crippen molar-refractivity contribution >= 4 is 35.0 Å². The number of hydrogen-bond acceptors (Lipinski definition) is 7. The van der Waals surface area contributed by atoms with Crippen molar-refractivity contribution in [3.05, 3.63) is 63.3 Å². The van der Waals surface area contributed by atoms with E-state index in [0.717, 1.165) is 5.56 Å². The molecule has 1 aliphatic rings. The first-order valence-electron chi connectivity index (χ1n) is 8.50. The highest BCUT2D eigenvalue weighted by Crippen LogP contribution is 2.33. The number of aromatic nitrogens is 2. The quantitative estimate of drug-likeness (QED) is 0.300. The van der Waals surface area contributed by atoms with E-state index in [0.29, 0.717) is 13.2 Å². The maximum absolute atomic E-state index is 11.3. The van der Waals surface area contributed by atoms with Crippen molar-refractivity contribution in [1.29, 1.82) is 0 Å². The summed E-state index contributed by atoms with van der Waals surface area (Å²) in [5.74, 6) is -0.560. The zero-order valence-corrected chi connectivity index (χ0v) is 15.7. The summed E-state index contributed by atoms with van der Waals surface area (Å²) in [6.07, 6.45) is 3.81. The Labute approximate surface area is 165 Å². The van der Waals surface area contributed by atoms with Gasteiger partial charge in [-0.3, -0.25) is 20.2 Å². The molecular weight excluding hydrogens is 386 g/mol. The van der Waals surface area contributed by atoms with Gasteiger partial charge in [0.05, 0.1) is 24.2 Å². The molecule has 1 heterocycles. The molecule has 0 saturated carbocycles. The lowest BCUT2D eigenvalue weighted by Crippen LogP contribution is -2.36. The topological polar surface area (TPSA) is 119 Å². The van der Waals surface area contributed by atoms with Gasteiger partial charge in [0.15, 0.2) is 0 Å². The van der Waals surface area contributed by atoms with Crippen LogP contribution in [0.2, 0.25) is 5.15 Å². The molecule has 0 unspecified atom stereocenters. The van der Waals surface area contributed by atoms with E-state index < -0.39 is 16.5 Å². The smallest absolute Gasteiger partial charge is 0.348 e. The largest absolute Gasteiger partial charge is 0.376 e. The van der Waals surface area contributed by atoms with Crippen molar-refractivity contribution in [2.45, 2.75) is 19.6 Å². The molecule has 9 nitrogen and oxygen atoms in total. The van der Waals surface area contributed by atoms with Gasteiger partial charge in [-0.05, 0) is 5.56 Å². The Hall–Kier alpha value is -3.04. The first kappa shape index (κ1) is 19.7. The molecule has 0 bridgehead atoms. The van der Waals surface area contributed by atoms with Crippen molar-refractivity contribution in [2.75, 3.05) is 17.2 Å². The molecule has 2 atom stereocenters. The number of ether oxygens (including phenoxy) is 1. The van der Waals surface area contributed by atoms with Crippen molar-refractivity contribution < 1.29 is 14.5 Å². The number of carbonyl (C=O) groups is 1. The third-order valence-corrected chi connectivity index (χ3v) is 4.33. The number of anilines is 2. The Balaban J connectivity index is 1.66. The van der Waals surface area contributed by atoms with Crippen LogP contribution in [0.15, 0.2) is 42.5 Å². The number of hydrogen-bond donors (Lipinski definition) is 2.